The zero-order valence-electron chi connectivity index (χ0n) is 23.9. The Morgan fingerprint density at radius 1 is 1.17 bits per heavy atom. The summed E-state index contributed by atoms with van der Waals surface area (Å²) in [5.74, 6) is -3.05. The molecule has 1 fully saturated rings. The van der Waals surface area contributed by atoms with E-state index < -0.39 is 35.3 Å². The van der Waals surface area contributed by atoms with Crippen LogP contribution in [0.2, 0.25) is 0 Å². The minimum atomic E-state index is -1.32. The molecule has 8 nitrogen and oxygen atoms in total. The standard InChI is InChI=1S/C23H20F2N2O4S2.C7H16N2/c1-31-19-3-2-14(32)6-15(19)18-11-33-20(27-18)10-26-22(30)23(9-21(28)29)7-12-4-16(24)17(25)5-13(12)8-23;1-9(2)7-3-5-8-6-4-7/h2-6,11,32H,7-10H2,1H3,(H,26,30)(H,28,29);7-8H,3-6H2,1-2H3. The number of amides is 1. The van der Waals surface area contributed by atoms with E-state index in [1.54, 1.807) is 19.2 Å². The number of benzene rings is 2. The van der Waals surface area contributed by atoms with E-state index in [0.29, 0.717) is 27.6 Å². The molecule has 1 saturated heterocycles. The highest BCUT2D eigenvalue weighted by molar-refractivity contribution is 7.80. The molecular formula is C30H36F2N4O4S2. The van der Waals surface area contributed by atoms with Crippen molar-refractivity contribution in [2.75, 3.05) is 34.3 Å². The van der Waals surface area contributed by atoms with E-state index in [2.05, 4.69) is 47.2 Å². The number of hydrogen-bond acceptors (Lipinski definition) is 8. The van der Waals surface area contributed by atoms with Gasteiger partial charge in [0.2, 0.25) is 5.91 Å². The van der Waals surface area contributed by atoms with Gasteiger partial charge in [0.05, 0.1) is 31.2 Å². The van der Waals surface area contributed by atoms with Crippen molar-refractivity contribution in [3.63, 3.8) is 0 Å². The van der Waals surface area contributed by atoms with Crippen LogP contribution in [0.3, 0.4) is 0 Å². The molecule has 0 spiro atoms. The van der Waals surface area contributed by atoms with Crippen LogP contribution in [0.5, 0.6) is 5.75 Å². The topological polar surface area (TPSA) is 104 Å². The Labute approximate surface area is 253 Å². The van der Waals surface area contributed by atoms with Gasteiger partial charge in [-0.25, -0.2) is 13.8 Å². The van der Waals surface area contributed by atoms with Crippen LogP contribution in [0.1, 0.15) is 35.4 Å². The monoisotopic (exact) mass is 618 g/mol. The molecule has 5 rings (SSSR count). The van der Waals surface area contributed by atoms with E-state index >= 15 is 0 Å². The zero-order valence-corrected chi connectivity index (χ0v) is 25.6. The zero-order chi connectivity index (χ0) is 30.4. The number of thiol groups is 1. The lowest BCUT2D eigenvalue weighted by Crippen LogP contribution is -2.43. The molecule has 0 radical (unpaired) electrons. The van der Waals surface area contributed by atoms with Gasteiger partial charge >= 0.3 is 5.97 Å². The first-order valence-corrected chi connectivity index (χ1v) is 15.0. The van der Waals surface area contributed by atoms with Gasteiger partial charge in [0.1, 0.15) is 10.8 Å². The summed E-state index contributed by atoms with van der Waals surface area (Å²) >= 11 is 5.69. The van der Waals surface area contributed by atoms with Crippen LogP contribution >= 0.6 is 24.0 Å². The molecule has 0 atom stereocenters. The molecule has 3 aromatic rings. The summed E-state index contributed by atoms with van der Waals surface area (Å²) in [5.41, 5.74) is 0.993. The molecule has 0 bridgehead atoms. The van der Waals surface area contributed by atoms with E-state index in [4.69, 9.17) is 4.74 Å². The summed E-state index contributed by atoms with van der Waals surface area (Å²) in [7, 11) is 5.88. The Hall–Kier alpha value is -3.06. The van der Waals surface area contributed by atoms with Crippen molar-refractivity contribution in [1.29, 1.82) is 0 Å². The first-order chi connectivity index (χ1) is 20.0. The summed E-state index contributed by atoms with van der Waals surface area (Å²) in [6.45, 7) is 2.48. The van der Waals surface area contributed by atoms with Crippen molar-refractivity contribution in [3.8, 4) is 17.0 Å². The number of thiazole rings is 1. The number of methoxy groups -OCH3 is 1. The highest BCUT2D eigenvalue weighted by atomic mass is 32.1. The van der Waals surface area contributed by atoms with Crippen molar-refractivity contribution in [3.05, 3.63) is 63.5 Å². The number of rotatable bonds is 8. The number of nitrogens with zero attached hydrogens (tertiary/aromatic N) is 2. The molecule has 1 aliphatic heterocycles. The minimum Gasteiger partial charge on any atom is -0.496 e. The molecule has 12 heteroatoms. The first kappa shape index (κ1) is 31.9. The van der Waals surface area contributed by atoms with Gasteiger partial charge in [-0.1, -0.05) is 0 Å². The van der Waals surface area contributed by atoms with Crippen LogP contribution in [-0.4, -0.2) is 67.2 Å². The molecule has 2 heterocycles. The summed E-state index contributed by atoms with van der Waals surface area (Å²) in [5, 5.41) is 18.0. The fourth-order valence-electron chi connectivity index (χ4n) is 5.48. The Bertz CT molecular complexity index is 1400. The molecular weight excluding hydrogens is 582 g/mol. The summed E-state index contributed by atoms with van der Waals surface area (Å²) in [6.07, 6.45) is 2.21. The fourth-order valence-corrected chi connectivity index (χ4v) is 6.42. The lowest BCUT2D eigenvalue weighted by Gasteiger charge is -2.28. The molecule has 2 aliphatic rings. The molecule has 1 aromatic heterocycles. The molecule has 2 aromatic carbocycles. The summed E-state index contributed by atoms with van der Waals surface area (Å²) in [6, 6.07) is 8.33. The average molecular weight is 619 g/mol. The number of ether oxygens (including phenoxy) is 1. The van der Waals surface area contributed by atoms with Crippen molar-refractivity contribution in [2.24, 2.45) is 5.41 Å². The maximum absolute atomic E-state index is 13.7. The maximum atomic E-state index is 13.7. The van der Waals surface area contributed by atoms with Gasteiger partial charge in [0.15, 0.2) is 11.6 Å². The number of piperidine rings is 1. The number of carboxylic acid groups (broad SMARTS) is 1. The third kappa shape index (κ3) is 7.66. The van der Waals surface area contributed by atoms with Crippen LogP contribution < -0.4 is 15.4 Å². The van der Waals surface area contributed by atoms with Gasteiger partial charge in [0, 0.05) is 21.9 Å². The number of carbonyl (C=O) groups is 2. The largest absolute Gasteiger partial charge is 0.496 e. The van der Waals surface area contributed by atoms with Gasteiger partial charge in [-0.3, -0.25) is 9.59 Å². The lowest BCUT2D eigenvalue weighted by molar-refractivity contribution is -0.145. The number of nitrogens with one attached hydrogen (secondary N) is 2. The molecule has 3 N–H and O–H groups in total. The number of fused-ring (bicyclic) bond motifs is 1. The number of hydrogen-bond donors (Lipinski definition) is 4. The van der Waals surface area contributed by atoms with Crippen LogP contribution in [0.15, 0.2) is 40.6 Å². The molecule has 1 amide bonds. The predicted molar refractivity (Wildman–Crippen MR) is 161 cm³/mol. The molecule has 0 unspecified atom stereocenters. The highest BCUT2D eigenvalue weighted by Crippen LogP contribution is 2.41. The normalized spacial score (nSPS) is 16.0. The van der Waals surface area contributed by atoms with Gasteiger partial charge in [-0.05, 0) is 94.3 Å². The Balaban J connectivity index is 0.000000385. The maximum Gasteiger partial charge on any atom is 0.304 e. The third-order valence-corrected chi connectivity index (χ3v) is 8.85. The fraction of sp³-hybridized carbons (Fsp3) is 0.433. The quantitative estimate of drug-likeness (QED) is 0.275. The lowest BCUT2D eigenvalue weighted by atomic mass is 9.80. The molecule has 1 aliphatic carbocycles. The van der Waals surface area contributed by atoms with Gasteiger partial charge in [-0.2, -0.15) is 0 Å². The van der Waals surface area contributed by atoms with E-state index in [9.17, 15) is 23.5 Å². The number of carboxylic acids is 1. The van der Waals surface area contributed by atoms with Crippen molar-refractivity contribution in [2.45, 2.75) is 49.6 Å². The van der Waals surface area contributed by atoms with Crippen molar-refractivity contribution >= 4 is 35.8 Å². The van der Waals surface area contributed by atoms with Gasteiger partial charge in [-0.15, -0.1) is 24.0 Å². The number of aliphatic carboxylic acids is 1. The second-order valence-electron chi connectivity index (χ2n) is 10.9. The van der Waals surface area contributed by atoms with Crippen LogP contribution in [0.25, 0.3) is 11.3 Å². The Kier molecular flexibility index (Phi) is 10.6. The van der Waals surface area contributed by atoms with E-state index in [1.807, 2.05) is 11.4 Å². The first-order valence-electron chi connectivity index (χ1n) is 13.7. The van der Waals surface area contributed by atoms with Crippen molar-refractivity contribution in [1.82, 2.24) is 20.5 Å². The second-order valence-corrected chi connectivity index (χ2v) is 12.3. The Morgan fingerprint density at radius 3 is 2.36 bits per heavy atom. The van der Waals surface area contributed by atoms with Gasteiger partial charge in [0.25, 0.3) is 0 Å². The predicted octanol–water partition coefficient (Wildman–Crippen LogP) is 4.56. The van der Waals surface area contributed by atoms with E-state index in [1.165, 1.54) is 37.3 Å². The van der Waals surface area contributed by atoms with E-state index in [-0.39, 0.29) is 19.4 Å². The van der Waals surface area contributed by atoms with Gasteiger partial charge < -0.3 is 25.4 Å². The van der Waals surface area contributed by atoms with Crippen LogP contribution in [0.4, 0.5) is 8.78 Å². The second kappa shape index (κ2) is 13.9. The molecule has 0 saturated carbocycles. The average Bonchev–Trinajstić information content (AvgIpc) is 3.57. The Morgan fingerprint density at radius 2 is 1.81 bits per heavy atom. The number of aromatic nitrogens is 1. The summed E-state index contributed by atoms with van der Waals surface area (Å²) in [4.78, 5) is 32.3. The highest BCUT2D eigenvalue weighted by Gasteiger charge is 2.46. The SMILES string of the molecule is CN(C)C1CCNCC1.COc1ccc(S)cc1-c1csc(CNC(=O)C2(CC(=O)O)Cc3cc(F)c(F)cc3C2)n1. The van der Waals surface area contributed by atoms with E-state index in [0.717, 1.165) is 28.6 Å². The third-order valence-electron chi connectivity index (χ3n) is 7.72. The molecule has 42 heavy (non-hydrogen) atoms. The van der Waals surface area contributed by atoms with Crippen LogP contribution in [-0.2, 0) is 29.0 Å². The minimum absolute atomic E-state index is 0.0206. The smallest absolute Gasteiger partial charge is 0.304 e. The number of halogens is 2. The van der Waals surface area contributed by atoms with Crippen molar-refractivity contribution < 1.29 is 28.2 Å². The van der Waals surface area contributed by atoms with Crippen LogP contribution in [0, 0.1) is 17.0 Å². The number of carbonyl (C=O) groups excluding carboxylic acids is 1. The summed E-state index contributed by atoms with van der Waals surface area (Å²) < 4.78 is 32.7. The molecule has 226 valence electrons.